The lowest BCUT2D eigenvalue weighted by molar-refractivity contribution is -0.121. The summed E-state index contributed by atoms with van der Waals surface area (Å²) in [7, 11) is 0. The molecule has 3 heterocycles. The minimum atomic E-state index is -0.0558. The minimum absolute atomic E-state index is 0.0558. The molecule has 1 aromatic carbocycles. The summed E-state index contributed by atoms with van der Waals surface area (Å²) in [5.74, 6) is 2.64. The Morgan fingerprint density at radius 3 is 2.65 bits per heavy atom. The van der Waals surface area contributed by atoms with Gasteiger partial charge in [0.1, 0.15) is 6.33 Å². The van der Waals surface area contributed by atoms with Gasteiger partial charge in [-0.05, 0) is 29.4 Å². The average molecular weight is 424 g/mol. The van der Waals surface area contributed by atoms with E-state index in [2.05, 4.69) is 73.7 Å². The van der Waals surface area contributed by atoms with E-state index in [-0.39, 0.29) is 12.3 Å². The highest BCUT2D eigenvalue weighted by Crippen LogP contribution is 2.22. The summed E-state index contributed by atoms with van der Waals surface area (Å²) < 4.78 is 5.16. The van der Waals surface area contributed by atoms with Crippen LogP contribution in [0.2, 0.25) is 0 Å². The molecule has 2 unspecified atom stereocenters. The minimum Gasteiger partial charge on any atom is -0.352 e. The third-order valence-corrected chi connectivity index (χ3v) is 5.52. The van der Waals surface area contributed by atoms with Crippen LogP contribution >= 0.6 is 0 Å². The Kier molecular flexibility index (Phi) is 6.71. The van der Waals surface area contributed by atoms with E-state index in [1.165, 1.54) is 31.4 Å². The number of piperidine rings is 1. The van der Waals surface area contributed by atoms with Gasteiger partial charge in [-0.15, -0.1) is 0 Å². The highest BCUT2D eigenvalue weighted by atomic mass is 16.5. The predicted molar refractivity (Wildman–Crippen MR) is 115 cm³/mol. The van der Waals surface area contributed by atoms with Crippen LogP contribution in [-0.2, 0) is 24.3 Å². The van der Waals surface area contributed by atoms with E-state index >= 15 is 0 Å². The number of amides is 1. The number of benzene rings is 1. The van der Waals surface area contributed by atoms with Crippen LogP contribution in [0.1, 0.15) is 43.7 Å². The first kappa shape index (κ1) is 21.2. The number of rotatable bonds is 8. The van der Waals surface area contributed by atoms with Gasteiger partial charge < -0.3 is 9.84 Å². The summed E-state index contributed by atoms with van der Waals surface area (Å²) in [4.78, 5) is 22.9. The van der Waals surface area contributed by atoms with Crippen molar-refractivity contribution in [2.24, 2.45) is 11.8 Å². The van der Waals surface area contributed by atoms with Crippen LogP contribution in [-0.4, -0.2) is 49.2 Å². The summed E-state index contributed by atoms with van der Waals surface area (Å²) in [6, 6.07) is 8.51. The van der Waals surface area contributed by atoms with Crippen LogP contribution in [0.15, 0.2) is 35.1 Å². The lowest BCUT2D eigenvalue weighted by Crippen LogP contribution is -2.38. The molecule has 1 amide bonds. The maximum atomic E-state index is 12.2. The van der Waals surface area contributed by atoms with Crippen molar-refractivity contribution in [1.29, 1.82) is 0 Å². The fourth-order valence-corrected chi connectivity index (χ4v) is 4.22. The molecule has 4 rings (SSSR count). The fraction of sp³-hybridized carbons (Fsp3) is 0.500. The number of hydrogen-bond acceptors (Lipinski definition) is 7. The van der Waals surface area contributed by atoms with Gasteiger partial charge >= 0.3 is 0 Å². The Hall–Kier alpha value is -3.07. The number of nitrogens with one attached hydrogen (secondary N) is 2. The maximum absolute atomic E-state index is 12.2. The van der Waals surface area contributed by atoms with Gasteiger partial charge in [-0.3, -0.25) is 14.8 Å². The van der Waals surface area contributed by atoms with E-state index in [9.17, 15) is 4.79 Å². The standard InChI is InChI=1S/C22H29N7O2/c1-15-9-16(2)12-29(11-15)13-18-5-3-17(4-6-18)10-23-19(30)7-8-20-26-22(28-31-20)21-24-14-25-27-21/h3-6,14-16H,7-13H2,1-2H3,(H,23,30)(H,24,25,27). The third kappa shape index (κ3) is 5.97. The third-order valence-electron chi connectivity index (χ3n) is 5.52. The van der Waals surface area contributed by atoms with Crippen molar-refractivity contribution < 1.29 is 9.32 Å². The number of carbonyl (C=O) groups excluding carboxylic acids is 1. The second-order valence-corrected chi connectivity index (χ2v) is 8.58. The molecule has 0 aliphatic carbocycles. The van der Waals surface area contributed by atoms with Gasteiger partial charge in [0, 0.05) is 39.0 Å². The Bertz CT molecular complexity index is 958. The Balaban J connectivity index is 1.20. The molecule has 2 atom stereocenters. The number of aromatic amines is 1. The Labute approximate surface area is 181 Å². The normalized spacial score (nSPS) is 19.4. The molecule has 0 saturated carbocycles. The molecule has 3 aromatic rings. The lowest BCUT2D eigenvalue weighted by Gasteiger charge is -2.35. The van der Waals surface area contributed by atoms with Crippen molar-refractivity contribution in [3.8, 4) is 11.6 Å². The molecule has 0 bridgehead atoms. The van der Waals surface area contributed by atoms with Crippen LogP contribution in [0.3, 0.4) is 0 Å². The highest BCUT2D eigenvalue weighted by molar-refractivity contribution is 5.76. The molecule has 164 valence electrons. The molecule has 0 radical (unpaired) electrons. The van der Waals surface area contributed by atoms with E-state index in [0.717, 1.165) is 23.9 Å². The molecular weight excluding hydrogens is 394 g/mol. The van der Waals surface area contributed by atoms with E-state index in [0.29, 0.717) is 30.5 Å². The van der Waals surface area contributed by atoms with Gasteiger partial charge in [0.2, 0.25) is 17.6 Å². The van der Waals surface area contributed by atoms with Gasteiger partial charge in [-0.1, -0.05) is 43.3 Å². The first-order valence-electron chi connectivity index (χ1n) is 10.8. The van der Waals surface area contributed by atoms with Gasteiger partial charge in [0.05, 0.1) is 0 Å². The van der Waals surface area contributed by atoms with Crippen molar-refractivity contribution in [3.63, 3.8) is 0 Å². The van der Waals surface area contributed by atoms with Crippen molar-refractivity contribution >= 4 is 5.91 Å². The zero-order valence-electron chi connectivity index (χ0n) is 18.0. The molecule has 31 heavy (non-hydrogen) atoms. The van der Waals surface area contributed by atoms with Crippen molar-refractivity contribution in [2.75, 3.05) is 13.1 Å². The van der Waals surface area contributed by atoms with Gasteiger partial charge in [0.15, 0.2) is 5.82 Å². The molecule has 2 aromatic heterocycles. The number of nitrogens with zero attached hydrogens (tertiary/aromatic N) is 5. The molecule has 1 aliphatic heterocycles. The fourth-order valence-electron chi connectivity index (χ4n) is 4.22. The highest BCUT2D eigenvalue weighted by Gasteiger charge is 2.21. The van der Waals surface area contributed by atoms with E-state index < -0.39 is 0 Å². The van der Waals surface area contributed by atoms with Gasteiger partial charge in [0.25, 0.3) is 0 Å². The van der Waals surface area contributed by atoms with Crippen LogP contribution in [0, 0.1) is 11.8 Å². The molecule has 9 nitrogen and oxygen atoms in total. The molecule has 1 saturated heterocycles. The Morgan fingerprint density at radius 1 is 1.19 bits per heavy atom. The SMILES string of the molecule is CC1CC(C)CN(Cc2ccc(CNC(=O)CCc3nc(-c4ncn[nH]4)no3)cc2)C1. The van der Waals surface area contributed by atoms with Crippen LogP contribution < -0.4 is 5.32 Å². The summed E-state index contributed by atoms with van der Waals surface area (Å²) in [6.45, 7) is 8.50. The molecule has 2 N–H and O–H groups in total. The van der Waals surface area contributed by atoms with E-state index in [1.54, 1.807) is 0 Å². The monoisotopic (exact) mass is 423 g/mol. The molecule has 0 spiro atoms. The number of aryl methyl sites for hydroxylation is 1. The van der Waals surface area contributed by atoms with Gasteiger partial charge in [-0.2, -0.15) is 10.1 Å². The maximum Gasteiger partial charge on any atom is 0.239 e. The topological polar surface area (TPSA) is 113 Å². The molecule has 1 fully saturated rings. The van der Waals surface area contributed by atoms with E-state index in [1.807, 2.05) is 0 Å². The summed E-state index contributed by atoms with van der Waals surface area (Å²) in [6.07, 6.45) is 3.35. The van der Waals surface area contributed by atoms with Crippen LogP contribution in [0.25, 0.3) is 11.6 Å². The molecular formula is C22H29N7O2. The number of aromatic nitrogens is 5. The zero-order valence-corrected chi connectivity index (χ0v) is 18.0. The van der Waals surface area contributed by atoms with Crippen LogP contribution in [0.5, 0.6) is 0 Å². The van der Waals surface area contributed by atoms with Crippen LogP contribution in [0.4, 0.5) is 0 Å². The first-order valence-corrected chi connectivity index (χ1v) is 10.8. The molecule has 1 aliphatic rings. The summed E-state index contributed by atoms with van der Waals surface area (Å²) >= 11 is 0. The number of likely N-dealkylation sites (tertiary alicyclic amines) is 1. The molecule has 9 heteroatoms. The zero-order chi connectivity index (χ0) is 21.6. The van der Waals surface area contributed by atoms with Gasteiger partial charge in [-0.25, -0.2) is 4.98 Å². The number of H-pyrrole nitrogens is 1. The Morgan fingerprint density at radius 2 is 1.94 bits per heavy atom. The smallest absolute Gasteiger partial charge is 0.239 e. The largest absolute Gasteiger partial charge is 0.352 e. The number of hydrogen-bond donors (Lipinski definition) is 2. The second kappa shape index (κ2) is 9.82. The lowest BCUT2D eigenvalue weighted by atomic mass is 9.91. The quantitative estimate of drug-likeness (QED) is 0.572. The van der Waals surface area contributed by atoms with Crippen molar-refractivity contribution in [3.05, 3.63) is 47.6 Å². The number of carbonyl (C=O) groups is 1. The summed E-state index contributed by atoms with van der Waals surface area (Å²) in [5.41, 5.74) is 2.40. The second-order valence-electron chi connectivity index (χ2n) is 8.58. The van der Waals surface area contributed by atoms with E-state index in [4.69, 9.17) is 4.52 Å². The first-order chi connectivity index (χ1) is 15.0. The predicted octanol–water partition coefficient (Wildman–Crippen LogP) is 2.58. The summed E-state index contributed by atoms with van der Waals surface area (Å²) in [5, 5.41) is 13.2. The van der Waals surface area contributed by atoms with Crippen molar-refractivity contribution in [2.45, 2.75) is 46.2 Å². The average Bonchev–Trinajstić information content (AvgIpc) is 3.43. The van der Waals surface area contributed by atoms with Crippen molar-refractivity contribution in [1.82, 2.24) is 35.5 Å².